The zero-order chi connectivity index (χ0) is 41.5. The van der Waals surface area contributed by atoms with E-state index in [1.165, 1.54) is 115 Å². The fourth-order valence-corrected chi connectivity index (χ4v) is 29.1. The van der Waals surface area contributed by atoms with Crippen LogP contribution in [0, 0.1) is 6.92 Å². The molecule has 0 saturated heterocycles. The molecule has 0 bridgehead atoms. The van der Waals surface area contributed by atoms with Gasteiger partial charge in [-0.2, -0.15) is 0 Å². The van der Waals surface area contributed by atoms with Crippen molar-refractivity contribution in [3.05, 3.63) is 19.6 Å². The second-order valence-electron chi connectivity index (χ2n) is 22.3. The van der Waals surface area contributed by atoms with Gasteiger partial charge in [-0.05, 0) is 167 Å². The molecule has 0 nitrogen and oxygen atoms in total. The molecule has 9 fully saturated rings. The van der Waals surface area contributed by atoms with Gasteiger partial charge < -0.3 is 37.2 Å². The molecule has 9 aliphatic carbocycles. The zero-order valence-electron chi connectivity index (χ0n) is 41.8. The van der Waals surface area contributed by atoms with Crippen molar-refractivity contribution in [1.29, 1.82) is 0 Å². The van der Waals surface area contributed by atoms with Crippen LogP contribution in [-0.2, 0) is 21.1 Å². The molecule has 9 rings (SSSR count). The van der Waals surface area contributed by atoms with Crippen LogP contribution in [0.25, 0.3) is 0 Å². The third-order valence-electron chi connectivity index (χ3n) is 18.0. The molecule has 0 aromatic rings. The van der Waals surface area contributed by atoms with Crippen molar-refractivity contribution in [2.24, 2.45) is 0 Å². The zero-order valence-corrected chi connectivity index (χ0v) is 49.0. The van der Waals surface area contributed by atoms with Crippen molar-refractivity contribution in [3.63, 3.8) is 0 Å². The Balaban J connectivity index is 0.000000310. The normalized spacial score (nSPS) is 25.9. The van der Waals surface area contributed by atoms with Gasteiger partial charge in [-0.1, -0.05) is 197 Å². The van der Waals surface area contributed by atoms with Crippen LogP contribution in [0.15, 0.2) is 12.7 Å². The van der Waals surface area contributed by atoms with Gasteiger partial charge >= 0.3 is 21.1 Å². The molecule has 0 atom stereocenters. The van der Waals surface area contributed by atoms with E-state index in [4.69, 9.17) is 0 Å². The Morgan fingerprint density at radius 3 is 0.391 bits per heavy atom. The Morgan fingerprint density at radius 2 is 0.312 bits per heavy atom. The largest absolute Gasteiger partial charge is 4.00 e. The maximum Gasteiger partial charge on any atom is 4.00 e. The number of hydrogen-bond acceptors (Lipinski definition) is 0. The van der Waals surface area contributed by atoms with Crippen molar-refractivity contribution in [2.75, 3.05) is 0 Å². The van der Waals surface area contributed by atoms with Crippen molar-refractivity contribution in [2.45, 2.75) is 340 Å². The van der Waals surface area contributed by atoms with Crippen LogP contribution in [0.4, 0.5) is 0 Å². The summed E-state index contributed by atoms with van der Waals surface area (Å²) in [6.45, 7) is 6.50. The molecule has 0 aromatic heterocycles. The fourth-order valence-electron chi connectivity index (χ4n) is 15.1. The molecular weight excluding hydrogens is 1080 g/mol. The third-order valence-corrected chi connectivity index (χ3v) is 30.2. The summed E-state index contributed by atoms with van der Waals surface area (Å²) in [5.74, 6) is 0. The predicted octanol–water partition coefficient (Wildman–Crippen LogP) is 11.4. The maximum absolute atomic E-state index is 3.25. The first kappa shape index (κ1) is 62.6. The van der Waals surface area contributed by atoms with Gasteiger partial charge in [-0.3, -0.25) is 0 Å². The van der Waals surface area contributed by atoms with Crippen LogP contribution < -0.4 is 37.2 Å². The van der Waals surface area contributed by atoms with Gasteiger partial charge in [-0.15, -0.1) is 0 Å². The SMILES string of the molecule is C1CCC(P(C2CCCCC2)C2CCCCC2)CC1.C1CCC(P(C2CCCCC2)C2CCCCC2)CC1.C1CCC(P(C2CCCCC2)C2CCCCC2)CC1.C=C[CH2-].[Cl-].[Cl-].[Cl-].[Pt+4]. The van der Waals surface area contributed by atoms with Gasteiger partial charge in [0.1, 0.15) is 0 Å². The molecule has 64 heavy (non-hydrogen) atoms. The first-order chi connectivity index (χ1) is 29.8. The van der Waals surface area contributed by atoms with E-state index in [-0.39, 0.29) is 58.3 Å². The average molecular weight is 1180 g/mol. The van der Waals surface area contributed by atoms with E-state index < -0.39 is 0 Å². The Bertz CT molecular complexity index is 803. The number of rotatable bonds is 9. The summed E-state index contributed by atoms with van der Waals surface area (Å²) >= 11 is 0. The van der Waals surface area contributed by atoms with Crippen LogP contribution in [0.3, 0.4) is 0 Å². The van der Waals surface area contributed by atoms with E-state index >= 15 is 0 Å². The molecule has 9 aliphatic rings. The molecule has 9 saturated carbocycles. The summed E-state index contributed by atoms with van der Waals surface area (Å²) in [5, 5.41) is 0. The topological polar surface area (TPSA) is 0 Å². The molecule has 0 N–H and O–H groups in total. The summed E-state index contributed by atoms with van der Waals surface area (Å²) in [7, 11) is 1.15. The molecule has 0 amide bonds. The Kier molecular flexibility index (Phi) is 37.3. The predicted molar refractivity (Wildman–Crippen MR) is 278 cm³/mol. The fraction of sp³-hybridized carbons (Fsp3) is 0.947. The number of halogens is 3. The minimum atomic E-state index is 0. The van der Waals surface area contributed by atoms with Gasteiger partial charge in [0.05, 0.1) is 0 Å². The Morgan fingerprint density at radius 1 is 0.234 bits per heavy atom. The summed E-state index contributed by atoms with van der Waals surface area (Å²) in [4.78, 5) is 0. The van der Waals surface area contributed by atoms with Crippen LogP contribution in [0.2, 0.25) is 0 Å². The first-order valence-electron chi connectivity index (χ1n) is 28.5. The first-order valence-corrected chi connectivity index (χ1v) is 33.1. The molecule has 0 spiro atoms. The molecule has 7 heteroatoms. The molecule has 0 radical (unpaired) electrons. The summed E-state index contributed by atoms with van der Waals surface area (Å²) in [5.41, 5.74) is 10.7. The molecule has 378 valence electrons. The Hall–Kier alpha value is 2.46. The number of allylic oxidation sites excluding steroid dienone is 1. The quantitative estimate of drug-likeness (QED) is 0.159. The molecule has 0 aliphatic heterocycles. The smallest absolute Gasteiger partial charge is 1.00 e. The van der Waals surface area contributed by atoms with E-state index in [2.05, 4.69) is 13.5 Å². The average Bonchev–Trinajstić information content (AvgIpc) is 3.33. The molecular formula is C57H104Cl3P3Pt. The van der Waals surface area contributed by atoms with E-state index in [1.54, 1.807) is 231 Å². The molecule has 0 heterocycles. The van der Waals surface area contributed by atoms with Crippen molar-refractivity contribution >= 4 is 23.8 Å². The van der Waals surface area contributed by atoms with E-state index in [9.17, 15) is 0 Å². The monoisotopic (exact) mass is 1180 g/mol. The van der Waals surface area contributed by atoms with Crippen molar-refractivity contribution in [3.8, 4) is 0 Å². The van der Waals surface area contributed by atoms with Crippen LogP contribution in [0.1, 0.15) is 289 Å². The molecule has 0 unspecified atom stereocenters. The van der Waals surface area contributed by atoms with Gasteiger partial charge in [0, 0.05) is 0 Å². The van der Waals surface area contributed by atoms with Crippen molar-refractivity contribution < 1.29 is 58.3 Å². The summed E-state index contributed by atoms with van der Waals surface area (Å²) < 4.78 is 0. The van der Waals surface area contributed by atoms with E-state index in [1.807, 2.05) is 0 Å². The summed E-state index contributed by atoms with van der Waals surface area (Å²) in [6, 6.07) is 0. The van der Waals surface area contributed by atoms with Crippen LogP contribution in [-0.4, -0.2) is 50.9 Å². The van der Waals surface area contributed by atoms with Gasteiger partial charge in [0.2, 0.25) is 0 Å². The number of hydrogen-bond donors (Lipinski definition) is 0. The standard InChI is InChI=1S/3C18H33P.C3H5.3ClH.Pt/c3*1-4-10-16(11-5-1)19(17-12-6-2-7-13-17)18-14-8-3-9-15-18;1-3-2;;;;/h3*16-18H,1-15H2;3H,1-2H2;3*1H;/q;;;-1;;;;+4/p-3. The van der Waals surface area contributed by atoms with Crippen molar-refractivity contribution in [1.82, 2.24) is 0 Å². The molecule has 0 aromatic carbocycles. The second kappa shape index (κ2) is 38.1. The minimum absolute atomic E-state index is 0. The van der Waals surface area contributed by atoms with Gasteiger partial charge in [0.15, 0.2) is 0 Å². The summed E-state index contributed by atoms with van der Waals surface area (Å²) in [6.07, 6.45) is 72.4. The van der Waals surface area contributed by atoms with E-state index in [0.29, 0.717) is 23.8 Å². The van der Waals surface area contributed by atoms with E-state index in [0.717, 1.165) is 0 Å². The van der Waals surface area contributed by atoms with Gasteiger partial charge in [-0.25, -0.2) is 19.6 Å². The minimum Gasteiger partial charge on any atom is -1.00 e. The van der Waals surface area contributed by atoms with Crippen LogP contribution >= 0.6 is 23.8 Å². The van der Waals surface area contributed by atoms with Crippen LogP contribution in [0.5, 0.6) is 0 Å². The third kappa shape index (κ3) is 21.3. The maximum atomic E-state index is 3.25. The second-order valence-corrected chi connectivity index (χ2v) is 31.5. The van der Waals surface area contributed by atoms with Gasteiger partial charge in [0.25, 0.3) is 0 Å². The Labute approximate surface area is 438 Å².